The van der Waals surface area contributed by atoms with Gasteiger partial charge in [0.25, 0.3) is 5.91 Å². The molecule has 0 radical (unpaired) electrons. The smallest absolute Gasteiger partial charge is 0.329 e. The highest BCUT2D eigenvalue weighted by Crippen LogP contribution is 2.29. The van der Waals surface area contributed by atoms with Crippen molar-refractivity contribution in [1.82, 2.24) is 5.32 Å². The van der Waals surface area contributed by atoms with Crippen molar-refractivity contribution in [1.29, 1.82) is 0 Å². The summed E-state index contributed by atoms with van der Waals surface area (Å²) in [6, 6.07) is 4.97. The molecule has 1 aromatic rings. The number of carboxylic acids is 1. The fourth-order valence-electron chi connectivity index (χ4n) is 2.71. The maximum atomic E-state index is 12.3. The molecule has 1 aliphatic carbocycles. The van der Waals surface area contributed by atoms with Gasteiger partial charge in [-0.15, -0.1) is 0 Å². The number of amides is 1. The molecule has 0 bridgehead atoms. The average molecular weight is 296 g/mol. The summed E-state index contributed by atoms with van der Waals surface area (Å²) in [7, 11) is 0. The second kappa shape index (κ2) is 5.83. The lowest BCUT2D eigenvalue weighted by molar-refractivity contribution is -0.145. The Balaban J connectivity index is 2.22. The van der Waals surface area contributed by atoms with Crippen molar-refractivity contribution in [3.05, 3.63) is 34.3 Å². The first kappa shape index (κ1) is 14.9. The van der Waals surface area contributed by atoms with E-state index in [4.69, 9.17) is 11.6 Å². The first-order valence-electron chi connectivity index (χ1n) is 6.77. The van der Waals surface area contributed by atoms with Gasteiger partial charge in [-0.2, -0.15) is 0 Å². The van der Waals surface area contributed by atoms with Gasteiger partial charge in [-0.05, 0) is 43.5 Å². The molecule has 108 valence electrons. The maximum absolute atomic E-state index is 12.3. The molecule has 4 nitrogen and oxygen atoms in total. The van der Waals surface area contributed by atoms with Crippen molar-refractivity contribution in [2.45, 2.75) is 44.6 Å². The van der Waals surface area contributed by atoms with Crippen LogP contribution >= 0.6 is 11.6 Å². The second-order valence-corrected chi connectivity index (χ2v) is 5.80. The molecule has 1 aromatic carbocycles. The van der Waals surface area contributed by atoms with Gasteiger partial charge < -0.3 is 10.4 Å². The summed E-state index contributed by atoms with van der Waals surface area (Å²) in [5.74, 6) is -1.29. The molecule has 0 saturated heterocycles. The summed E-state index contributed by atoms with van der Waals surface area (Å²) < 4.78 is 0. The molecular formula is C15H18ClNO3. The van der Waals surface area contributed by atoms with Crippen molar-refractivity contribution in [3.63, 3.8) is 0 Å². The fraction of sp³-hybridized carbons (Fsp3) is 0.467. The molecule has 0 aromatic heterocycles. The number of nitrogens with one attached hydrogen (secondary N) is 1. The monoisotopic (exact) mass is 295 g/mol. The summed E-state index contributed by atoms with van der Waals surface area (Å²) in [5, 5.41) is 12.7. The number of halogens is 1. The van der Waals surface area contributed by atoms with Gasteiger partial charge in [0.1, 0.15) is 5.54 Å². The van der Waals surface area contributed by atoms with E-state index < -0.39 is 11.5 Å². The lowest BCUT2D eigenvalue weighted by Gasteiger charge is -2.34. The van der Waals surface area contributed by atoms with Crippen LogP contribution in [-0.2, 0) is 4.79 Å². The largest absolute Gasteiger partial charge is 0.480 e. The van der Waals surface area contributed by atoms with E-state index in [2.05, 4.69) is 5.32 Å². The van der Waals surface area contributed by atoms with Crippen molar-refractivity contribution >= 4 is 23.5 Å². The number of carbonyl (C=O) groups excluding carboxylic acids is 1. The molecule has 0 spiro atoms. The van der Waals surface area contributed by atoms with Gasteiger partial charge in [0.2, 0.25) is 0 Å². The molecule has 1 fully saturated rings. The third-order valence-electron chi connectivity index (χ3n) is 3.90. The van der Waals surface area contributed by atoms with Crippen LogP contribution in [0.25, 0.3) is 0 Å². The van der Waals surface area contributed by atoms with Crippen LogP contribution in [0, 0.1) is 6.92 Å². The Labute approximate surface area is 123 Å². The quantitative estimate of drug-likeness (QED) is 0.900. The van der Waals surface area contributed by atoms with Gasteiger partial charge >= 0.3 is 5.97 Å². The number of benzene rings is 1. The van der Waals surface area contributed by atoms with E-state index in [1.165, 1.54) is 0 Å². The van der Waals surface area contributed by atoms with Gasteiger partial charge in [0.15, 0.2) is 0 Å². The number of aliphatic carboxylic acids is 1. The molecule has 0 heterocycles. The molecule has 20 heavy (non-hydrogen) atoms. The first-order valence-corrected chi connectivity index (χ1v) is 7.14. The van der Waals surface area contributed by atoms with Crippen LogP contribution in [0.1, 0.15) is 48.0 Å². The predicted octanol–water partition coefficient (Wildman–Crippen LogP) is 3.17. The number of hydrogen-bond donors (Lipinski definition) is 2. The summed E-state index contributed by atoms with van der Waals surface area (Å²) in [6.45, 7) is 1.79. The molecule has 1 aliphatic rings. The van der Waals surface area contributed by atoms with Crippen molar-refractivity contribution in [2.75, 3.05) is 0 Å². The number of rotatable bonds is 3. The van der Waals surface area contributed by atoms with Crippen LogP contribution in [-0.4, -0.2) is 22.5 Å². The Hall–Kier alpha value is -1.55. The predicted molar refractivity (Wildman–Crippen MR) is 77.1 cm³/mol. The van der Waals surface area contributed by atoms with Gasteiger partial charge in [0.05, 0.1) is 0 Å². The highest BCUT2D eigenvalue weighted by molar-refractivity contribution is 6.30. The molecule has 5 heteroatoms. The molecule has 1 saturated carbocycles. The lowest BCUT2D eigenvalue weighted by Crippen LogP contribution is -2.55. The number of hydrogen-bond acceptors (Lipinski definition) is 2. The molecule has 0 unspecified atom stereocenters. The van der Waals surface area contributed by atoms with Gasteiger partial charge in [0, 0.05) is 10.6 Å². The van der Waals surface area contributed by atoms with E-state index in [-0.39, 0.29) is 5.91 Å². The Kier molecular flexibility index (Phi) is 4.33. The highest BCUT2D eigenvalue weighted by atomic mass is 35.5. The summed E-state index contributed by atoms with van der Waals surface area (Å²) >= 11 is 5.87. The standard InChI is InChI=1S/C15H18ClNO3/c1-10-9-11(16)5-6-12(10)13(18)17-15(14(19)20)7-3-2-4-8-15/h5-6,9H,2-4,7-8H2,1H3,(H,17,18)(H,19,20). The van der Waals surface area contributed by atoms with E-state index in [9.17, 15) is 14.7 Å². The molecular weight excluding hydrogens is 278 g/mol. The van der Waals surface area contributed by atoms with Crippen molar-refractivity contribution < 1.29 is 14.7 Å². The van der Waals surface area contributed by atoms with E-state index >= 15 is 0 Å². The van der Waals surface area contributed by atoms with Crippen molar-refractivity contribution in [3.8, 4) is 0 Å². The Morgan fingerprint density at radius 1 is 1.25 bits per heavy atom. The molecule has 0 atom stereocenters. The normalized spacial score (nSPS) is 17.5. The van der Waals surface area contributed by atoms with Gasteiger partial charge in [-0.25, -0.2) is 4.79 Å². The Bertz CT molecular complexity index is 536. The van der Waals surface area contributed by atoms with E-state index in [0.717, 1.165) is 24.8 Å². The SMILES string of the molecule is Cc1cc(Cl)ccc1C(=O)NC1(C(=O)O)CCCCC1. The van der Waals surface area contributed by atoms with Crippen LogP contribution in [0.5, 0.6) is 0 Å². The minimum atomic E-state index is -1.12. The van der Waals surface area contributed by atoms with E-state index in [1.54, 1.807) is 25.1 Å². The summed E-state index contributed by atoms with van der Waals surface area (Å²) in [6.07, 6.45) is 3.64. The van der Waals surface area contributed by atoms with Crippen LogP contribution in [0.3, 0.4) is 0 Å². The van der Waals surface area contributed by atoms with Gasteiger partial charge in [-0.3, -0.25) is 4.79 Å². The van der Waals surface area contributed by atoms with E-state index in [0.29, 0.717) is 23.4 Å². The second-order valence-electron chi connectivity index (χ2n) is 5.36. The van der Waals surface area contributed by atoms with Crippen LogP contribution in [0.2, 0.25) is 5.02 Å². The summed E-state index contributed by atoms with van der Waals surface area (Å²) in [5.41, 5.74) is 0.0912. The van der Waals surface area contributed by atoms with E-state index in [1.807, 2.05) is 0 Å². The molecule has 0 aliphatic heterocycles. The third kappa shape index (κ3) is 2.96. The first-order chi connectivity index (χ1) is 9.44. The zero-order valence-electron chi connectivity index (χ0n) is 11.4. The van der Waals surface area contributed by atoms with Crippen LogP contribution in [0.4, 0.5) is 0 Å². The topological polar surface area (TPSA) is 66.4 Å². The number of aryl methyl sites for hydroxylation is 1. The zero-order valence-corrected chi connectivity index (χ0v) is 12.2. The summed E-state index contributed by atoms with van der Waals surface area (Å²) in [4.78, 5) is 23.9. The Morgan fingerprint density at radius 3 is 2.45 bits per heavy atom. The zero-order chi connectivity index (χ0) is 14.8. The molecule has 2 rings (SSSR count). The highest BCUT2D eigenvalue weighted by Gasteiger charge is 2.41. The van der Waals surface area contributed by atoms with Crippen LogP contribution in [0.15, 0.2) is 18.2 Å². The van der Waals surface area contributed by atoms with Crippen LogP contribution < -0.4 is 5.32 Å². The number of carbonyl (C=O) groups is 2. The minimum absolute atomic E-state index is 0.344. The maximum Gasteiger partial charge on any atom is 0.329 e. The fourth-order valence-corrected chi connectivity index (χ4v) is 2.94. The van der Waals surface area contributed by atoms with Crippen molar-refractivity contribution in [2.24, 2.45) is 0 Å². The van der Waals surface area contributed by atoms with Gasteiger partial charge in [-0.1, -0.05) is 30.9 Å². The Morgan fingerprint density at radius 2 is 1.90 bits per heavy atom. The molecule has 2 N–H and O–H groups in total. The number of carboxylic acid groups (broad SMARTS) is 1. The minimum Gasteiger partial charge on any atom is -0.480 e. The average Bonchev–Trinajstić information content (AvgIpc) is 2.39. The lowest BCUT2D eigenvalue weighted by atomic mass is 9.81. The third-order valence-corrected chi connectivity index (χ3v) is 4.14. The molecule has 1 amide bonds.